The van der Waals surface area contributed by atoms with Crippen molar-refractivity contribution in [3.05, 3.63) is 59.2 Å². The van der Waals surface area contributed by atoms with Crippen LogP contribution in [0.25, 0.3) is 10.9 Å². The number of ether oxygens (including phenoxy) is 2. The van der Waals surface area contributed by atoms with Gasteiger partial charge in [-0.2, -0.15) is 0 Å². The third-order valence-corrected chi connectivity index (χ3v) is 5.52. The maximum atomic E-state index is 10.9. The third kappa shape index (κ3) is 4.09. The summed E-state index contributed by atoms with van der Waals surface area (Å²) in [5.41, 5.74) is 1.88. The van der Waals surface area contributed by atoms with Crippen molar-refractivity contribution in [3.63, 3.8) is 0 Å². The minimum atomic E-state index is -1.32. The largest absolute Gasteiger partial charge is 0.511 e. The summed E-state index contributed by atoms with van der Waals surface area (Å²) in [6.07, 6.45) is 5.64. The van der Waals surface area contributed by atoms with Gasteiger partial charge in [0, 0.05) is 22.2 Å². The van der Waals surface area contributed by atoms with Crippen LogP contribution in [0.3, 0.4) is 0 Å². The van der Waals surface area contributed by atoms with Gasteiger partial charge in [0.1, 0.15) is 11.5 Å². The second kappa shape index (κ2) is 8.15. The summed E-state index contributed by atoms with van der Waals surface area (Å²) in [6, 6.07) is 12.9. The van der Waals surface area contributed by atoms with E-state index < -0.39 is 6.16 Å². The molecule has 0 unspecified atom stereocenters. The fourth-order valence-corrected chi connectivity index (χ4v) is 4.09. The van der Waals surface area contributed by atoms with Crippen LogP contribution in [0.2, 0.25) is 5.02 Å². The fraction of sp³-hybridized carbons (Fsp3) is 0.318. The lowest BCUT2D eigenvalue weighted by Crippen LogP contribution is -2.10. The number of hydrogen-bond acceptors (Lipinski definition) is 3. The van der Waals surface area contributed by atoms with E-state index in [2.05, 4.69) is 0 Å². The standard InChI is InChI=1S/C22H22ClNO4/c23-17-8-9-20(27-14-15-4-1-2-5-15)16(12-17)13-24-11-10-18-19(24)6-3-7-21(18)28-22(25)26/h3,6-12,15H,1-2,4-5,13-14H2,(H,25,26). The Morgan fingerprint density at radius 2 is 1.96 bits per heavy atom. The van der Waals surface area contributed by atoms with Gasteiger partial charge in [0.05, 0.1) is 18.7 Å². The molecule has 2 aromatic carbocycles. The van der Waals surface area contributed by atoms with Crippen LogP contribution in [0.4, 0.5) is 4.79 Å². The second-order valence-corrected chi connectivity index (χ2v) is 7.65. The van der Waals surface area contributed by atoms with Gasteiger partial charge in [-0.15, -0.1) is 0 Å². The van der Waals surface area contributed by atoms with Crippen LogP contribution in [0.1, 0.15) is 31.2 Å². The molecule has 0 spiro atoms. The van der Waals surface area contributed by atoms with Gasteiger partial charge in [-0.25, -0.2) is 4.79 Å². The lowest BCUT2D eigenvalue weighted by Gasteiger charge is -2.16. The summed E-state index contributed by atoms with van der Waals surface area (Å²) >= 11 is 6.23. The number of carbonyl (C=O) groups is 1. The monoisotopic (exact) mass is 399 g/mol. The molecule has 1 aromatic heterocycles. The number of benzene rings is 2. The van der Waals surface area contributed by atoms with Crippen LogP contribution in [0.15, 0.2) is 48.7 Å². The van der Waals surface area contributed by atoms with Crippen molar-refractivity contribution in [1.29, 1.82) is 0 Å². The highest BCUT2D eigenvalue weighted by molar-refractivity contribution is 6.30. The number of carboxylic acid groups (broad SMARTS) is 1. The fourth-order valence-electron chi connectivity index (χ4n) is 3.90. The molecule has 6 heteroatoms. The Kier molecular flexibility index (Phi) is 5.44. The van der Waals surface area contributed by atoms with Crippen LogP contribution in [0.5, 0.6) is 11.5 Å². The van der Waals surface area contributed by atoms with Crippen molar-refractivity contribution in [2.24, 2.45) is 5.92 Å². The maximum Gasteiger partial charge on any atom is 0.511 e. The Balaban J connectivity index is 1.60. The second-order valence-electron chi connectivity index (χ2n) is 7.21. The molecule has 0 saturated heterocycles. The van der Waals surface area contributed by atoms with E-state index >= 15 is 0 Å². The van der Waals surface area contributed by atoms with Gasteiger partial charge in [-0.1, -0.05) is 30.5 Å². The number of hydrogen-bond donors (Lipinski definition) is 1. The molecular formula is C22H22ClNO4. The van der Waals surface area contributed by atoms with Crippen molar-refractivity contribution >= 4 is 28.7 Å². The minimum absolute atomic E-state index is 0.326. The number of halogens is 1. The molecule has 1 aliphatic rings. The zero-order valence-electron chi connectivity index (χ0n) is 15.4. The molecule has 1 heterocycles. The molecule has 0 radical (unpaired) electrons. The molecule has 1 fully saturated rings. The van der Waals surface area contributed by atoms with Crippen molar-refractivity contribution in [1.82, 2.24) is 4.57 Å². The van der Waals surface area contributed by atoms with Gasteiger partial charge in [0.25, 0.3) is 0 Å². The lowest BCUT2D eigenvalue weighted by atomic mass is 10.1. The Labute approximate surface area is 168 Å². The first-order chi connectivity index (χ1) is 13.6. The summed E-state index contributed by atoms with van der Waals surface area (Å²) in [7, 11) is 0. The minimum Gasteiger partial charge on any atom is -0.493 e. The molecule has 1 saturated carbocycles. The van der Waals surface area contributed by atoms with Crippen LogP contribution in [-0.4, -0.2) is 22.4 Å². The Morgan fingerprint density at radius 1 is 1.14 bits per heavy atom. The molecule has 3 aromatic rings. The number of aromatic nitrogens is 1. The molecule has 1 aliphatic carbocycles. The summed E-state index contributed by atoms with van der Waals surface area (Å²) in [4.78, 5) is 10.9. The van der Waals surface area contributed by atoms with E-state index in [1.165, 1.54) is 25.7 Å². The third-order valence-electron chi connectivity index (χ3n) is 5.28. The molecule has 28 heavy (non-hydrogen) atoms. The van der Waals surface area contributed by atoms with Crippen molar-refractivity contribution in [3.8, 4) is 11.5 Å². The molecule has 5 nitrogen and oxygen atoms in total. The Morgan fingerprint density at radius 3 is 2.75 bits per heavy atom. The summed E-state index contributed by atoms with van der Waals surface area (Å²) in [5.74, 6) is 1.80. The molecular weight excluding hydrogens is 378 g/mol. The topological polar surface area (TPSA) is 60.7 Å². The SMILES string of the molecule is O=C(O)Oc1cccc2c1ccn2Cc1cc(Cl)ccc1OCC1CCCC1. The van der Waals surface area contributed by atoms with Gasteiger partial charge in [0.15, 0.2) is 0 Å². The molecule has 0 amide bonds. The molecule has 146 valence electrons. The average Bonchev–Trinajstić information content (AvgIpc) is 3.32. The predicted octanol–water partition coefficient (Wildman–Crippen LogP) is 5.97. The number of nitrogens with zero attached hydrogens (tertiary/aromatic N) is 1. The van der Waals surface area contributed by atoms with Crippen LogP contribution in [-0.2, 0) is 6.54 Å². The van der Waals surface area contributed by atoms with E-state index in [0.717, 1.165) is 28.8 Å². The first-order valence-corrected chi connectivity index (χ1v) is 9.88. The molecule has 0 bridgehead atoms. The first-order valence-electron chi connectivity index (χ1n) is 9.50. The highest BCUT2D eigenvalue weighted by atomic mass is 35.5. The van der Waals surface area contributed by atoms with Crippen LogP contribution in [0, 0.1) is 5.92 Å². The highest BCUT2D eigenvalue weighted by Crippen LogP contribution is 2.31. The first kappa shape index (κ1) is 18.7. The van der Waals surface area contributed by atoms with Crippen LogP contribution >= 0.6 is 11.6 Å². The zero-order valence-corrected chi connectivity index (χ0v) is 16.2. The van der Waals surface area contributed by atoms with Gasteiger partial charge in [-0.05, 0) is 55.2 Å². The molecule has 1 N–H and O–H groups in total. The summed E-state index contributed by atoms with van der Waals surface area (Å²) < 4.78 is 13.1. The smallest absolute Gasteiger partial charge is 0.493 e. The van der Waals surface area contributed by atoms with E-state index in [9.17, 15) is 4.79 Å². The van der Waals surface area contributed by atoms with Gasteiger partial charge in [-0.3, -0.25) is 0 Å². The zero-order chi connectivity index (χ0) is 19.5. The van der Waals surface area contributed by atoms with Crippen molar-refractivity contribution in [2.75, 3.05) is 6.61 Å². The summed E-state index contributed by atoms with van der Waals surface area (Å²) in [5, 5.41) is 10.3. The van der Waals surface area contributed by atoms with E-state index in [-0.39, 0.29) is 0 Å². The number of rotatable bonds is 6. The molecule has 0 atom stereocenters. The van der Waals surface area contributed by atoms with E-state index in [4.69, 9.17) is 26.2 Å². The van der Waals surface area contributed by atoms with E-state index in [1.807, 2.05) is 41.1 Å². The predicted molar refractivity (Wildman–Crippen MR) is 109 cm³/mol. The van der Waals surface area contributed by atoms with Gasteiger partial charge >= 0.3 is 6.16 Å². The quantitative estimate of drug-likeness (QED) is 0.409. The Bertz CT molecular complexity index is 991. The Hall–Kier alpha value is -2.66. The maximum absolute atomic E-state index is 10.9. The number of fused-ring (bicyclic) bond motifs is 1. The normalized spacial score (nSPS) is 14.5. The average molecular weight is 400 g/mol. The van der Waals surface area contributed by atoms with Crippen LogP contribution < -0.4 is 9.47 Å². The van der Waals surface area contributed by atoms with E-state index in [1.54, 1.807) is 12.1 Å². The van der Waals surface area contributed by atoms with Crippen molar-refractivity contribution in [2.45, 2.75) is 32.2 Å². The van der Waals surface area contributed by atoms with Crippen molar-refractivity contribution < 1.29 is 19.4 Å². The molecule has 0 aliphatic heterocycles. The highest BCUT2D eigenvalue weighted by Gasteiger charge is 2.17. The van der Waals surface area contributed by atoms with Gasteiger partial charge in [0.2, 0.25) is 0 Å². The van der Waals surface area contributed by atoms with E-state index in [0.29, 0.717) is 23.2 Å². The lowest BCUT2D eigenvalue weighted by molar-refractivity contribution is 0.145. The van der Waals surface area contributed by atoms with Gasteiger partial charge < -0.3 is 19.1 Å². The summed E-state index contributed by atoms with van der Waals surface area (Å²) in [6.45, 7) is 1.30. The molecule has 4 rings (SSSR count).